The van der Waals surface area contributed by atoms with Crippen molar-refractivity contribution in [2.24, 2.45) is 17.8 Å². The molecule has 0 spiro atoms. The van der Waals surface area contributed by atoms with Crippen molar-refractivity contribution in [1.29, 1.82) is 0 Å². The van der Waals surface area contributed by atoms with Crippen LogP contribution in [-0.4, -0.2) is 0 Å². The summed E-state index contributed by atoms with van der Waals surface area (Å²) in [5, 5.41) is 1.30. The molecular formula is C35H41Cl2N. The Balaban J connectivity index is 1.54. The summed E-state index contributed by atoms with van der Waals surface area (Å²) in [5.41, 5.74) is 7.55. The number of rotatable bonds is 4. The second-order valence-electron chi connectivity index (χ2n) is 14.5. The SMILES string of the molecule is CC(C)(C)c1cccc(N(c2cccc(C(C)(C)C)c2)c2cc(C34CC5CC(C3)C(C5)C4)cc(Cl)c2Cl)c1. The van der Waals surface area contributed by atoms with Gasteiger partial charge in [-0.1, -0.05) is 89.0 Å². The third-order valence-electron chi connectivity index (χ3n) is 9.73. The van der Waals surface area contributed by atoms with E-state index in [-0.39, 0.29) is 16.2 Å². The lowest BCUT2D eigenvalue weighted by atomic mass is 9.66. The Morgan fingerprint density at radius 2 is 1.24 bits per heavy atom. The van der Waals surface area contributed by atoms with Crippen LogP contribution in [-0.2, 0) is 16.2 Å². The maximum atomic E-state index is 7.12. The molecule has 0 radical (unpaired) electrons. The Morgan fingerprint density at radius 3 is 1.71 bits per heavy atom. The average Bonchev–Trinajstić information content (AvgIpc) is 3.27. The van der Waals surface area contributed by atoms with E-state index >= 15 is 0 Å². The molecule has 4 bridgehead atoms. The highest BCUT2D eigenvalue weighted by molar-refractivity contribution is 6.44. The molecule has 0 aromatic heterocycles. The molecular weight excluding hydrogens is 505 g/mol. The summed E-state index contributed by atoms with van der Waals surface area (Å²) in [6.07, 6.45) is 6.80. The highest BCUT2D eigenvalue weighted by Crippen LogP contribution is 2.65. The van der Waals surface area contributed by atoms with Crippen LogP contribution in [0.4, 0.5) is 17.1 Å². The van der Waals surface area contributed by atoms with E-state index in [1.54, 1.807) is 0 Å². The van der Waals surface area contributed by atoms with Crippen LogP contribution in [0, 0.1) is 17.8 Å². The first kappa shape index (κ1) is 26.3. The van der Waals surface area contributed by atoms with Gasteiger partial charge < -0.3 is 4.90 Å². The van der Waals surface area contributed by atoms with Gasteiger partial charge in [0, 0.05) is 11.4 Å². The first-order valence-corrected chi connectivity index (χ1v) is 15.1. The van der Waals surface area contributed by atoms with E-state index in [0.29, 0.717) is 10.0 Å². The highest BCUT2D eigenvalue weighted by atomic mass is 35.5. The van der Waals surface area contributed by atoms with E-state index in [0.717, 1.165) is 34.8 Å². The average molecular weight is 547 g/mol. The molecule has 3 aromatic carbocycles. The number of halogens is 2. The first-order valence-electron chi connectivity index (χ1n) is 14.3. The number of benzene rings is 3. The summed E-state index contributed by atoms with van der Waals surface area (Å²) in [5.74, 6) is 2.68. The van der Waals surface area contributed by atoms with E-state index in [1.807, 2.05) is 0 Å². The van der Waals surface area contributed by atoms with Crippen LogP contribution in [0.3, 0.4) is 0 Å². The van der Waals surface area contributed by atoms with Gasteiger partial charge in [0.2, 0.25) is 0 Å². The fourth-order valence-corrected chi connectivity index (χ4v) is 8.27. The molecule has 4 fully saturated rings. The van der Waals surface area contributed by atoms with Gasteiger partial charge in [-0.05, 0) is 119 Å². The molecule has 2 atom stereocenters. The van der Waals surface area contributed by atoms with Crippen LogP contribution in [0.2, 0.25) is 10.0 Å². The van der Waals surface area contributed by atoms with Crippen LogP contribution in [0.1, 0.15) is 90.3 Å². The summed E-state index contributed by atoms with van der Waals surface area (Å²) in [7, 11) is 0. The minimum absolute atomic E-state index is 0.0408. The Bertz CT molecular complexity index is 1300. The molecule has 4 saturated carbocycles. The molecule has 1 nitrogen and oxygen atoms in total. The number of hydrogen-bond donors (Lipinski definition) is 0. The van der Waals surface area contributed by atoms with E-state index in [9.17, 15) is 0 Å². The Hall–Kier alpha value is -1.96. The first-order chi connectivity index (χ1) is 17.8. The van der Waals surface area contributed by atoms with Crippen molar-refractivity contribution in [2.75, 3.05) is 4.90 Å². The maximum Gasteiger partial charge on any atom is 0.0833 e. The summed E-state index contributed by atoms with van der Waals surface area (Å²) >= 11 is 14.1. The maximum absolute atomic E-state index is 7.12. The smallest absolute Gasteiger partial charge is 0.0833 e. The van der Waals surface area contributed by atoms with Crippen molar-refractivity contribution in [3.8, 4) is 0 Å². The molecule has 3 heteroatoms. The van der Waals surface area contributed by atoms with E-state index in [2.05, 4.69) is 107 Å². The van der Waals surface area contributed by atoms with Crippen LogP contribution in [0.5, 0.6) is 0 Å². The minimum Gasteiger partial charge on any atom is -0.309 e. The lowest BCUT2D eigenvalue weighted by Gasteiger charge is -2.40. The molecule has 4 aliphatic carbocycles. The highest BCUT2D eigenvalue weighted by Gasteiger charge is 2.56. The third kappa shape index (κ3) is 4.48. The van der Waals surface area contributed by atoms with E-state index in [1.165, 1.54) is 48.8 Å². The van der Waals surface area contributed by atoms with Gasteiger partial charge in [0.25, 0.3) is 0 Å². The zero-order chi connectivity index (χ0) is 27.0. The van der Waals surface area contributed by atoms with E-state index < -0.39 is 0 Å². The summed E-state index contributed by atoms with van der Waals surface area (Å²) < 4.78 is 0. The third-order valence-corrected chi connectivity index (χ3v) is 10.5. The largest absolute Gasteiger partial charge is 0.309 e. The van der Waals surface area contributed by atoms with Crippen molar-refractivity contribution in [2.45, 2.75) is 89.9 Å². The summed E-state index contributed by atoms with van der Waals surface area (Å²) in [4.78, 5) is 2.34. The summed E-state index contributed by atoms with van der Waals surface area (Å²) in [6, 6.07) is 22.4. The zero-order valence-corrected chi connectivity index (χ0v) is 25.3. The van der Waals surface area contributed by atoms with Gasteiger partial charge in [0.1, 0.15) is 0 Å². The van der Waals surface area contributed by atoms with Crippen LogP contribution in [0.15, 0.2) is 60.7 Å². The van der Waals surface area contributed by atoms with Gasteiger partial charge in [0.15, 0.2) is 0 Å². The van der Waals surface area contributed by atoms with E-state index in [4.69, 9.17) is 23.2 Å². The molecule has 0 N–H and O–H groups in total. The summed E-state index contributed by atoms with van der Waals surface area (Å²) in [6.45, 7) is 13.6. The van der Waals surface area contributed by atoms with Crippen molar-refractivity contribution < 1.29 is 0 Å². The Kier molecular flexibility index (Phi) is 6.25. The van der Waals surface area contributed by atoms with Crippen LogP contribution < -0.4 is 4.90 Å². The molecule has 0 aliphatic heterocycles. The standard InChI is InChI=1S/C35H41Cl2N/c1-33(2,3)25-9-7-11-28(15-25)38(29-12-8-10-26(16-29)34(4,5)6)31-18-27(17-30(36)32(31)37)35-19-22-13-23(20-35)24(14-22)21-35/h7-12,15-18,22-24H,13-14,19-21H2,1-6H3. The van der Waals surface area contributed by atoms with Gasteiger partial charge in [-0.2, -0.15) is 0 Å². The lowest BCUT2D eigenvalue weighted by Crippen LogP contribution is -2.31. The van der Waals surface area contributed by atoms with Gasteiger partial charge in [-0.15, -0.1) is 0 Å². The fourth-order valence-electron chi connectivity index (χ4n) is 7.86. The van der Waals surface area contributed by atoms with Crippen molar-refractivity contribution >= 4 is 40.3 Å². The van der Waals surface area contributed by atoms with Crippen molar-refractivity contribution in [1.82, 2.24) is 0 Å². The van der Waals surface area contributed by atoms with Crippen LogP contribution >= 0.6 is 23.2 Å². The predicted octanol–water partition coefficient (Wildman–Crippen LogP) is 11.1. The number of nitrogens with zero attached hydrogens (tertiary/aromatic N) is 1. The Morgan fingerprint density at radius 1 is 0.711 bits per heavy atom. The van der Waals surface area contributed by atoms with Crippen LogP contribution in [0.25, 0.3) is 0 Å². The van der Waals surface area contributed by atoms with Gasteiger partial charge in [-0.25, -0.2) is 0 Å². The molecule has 3 aromatic rings. The van der Waals surface area contributed by atoms with Gasteiger partial charge in [0.05, 0.1) is 15.7 Å². The van der Waals surface area contributed by atoms with Gasteiger partial charge in [-0.3, -0.25) is 0 Å². The second kappa shape index (κ2) is 9.03. The predicted molar refractivity (Wildman–Crippen MR) is 164 cm³/mol. The molecule has 7 rings (SSSR count). The number of anilines is 3. The molecule has 0 amide bonds. The molecule has 0 saturated heterocycles. The fraction of sp³-hybridized carbons (Fsp3) is 0.486. The van der Waals surface area contributed by atoms with Crippen molar-refractivity contribution in [3.63, 3.8) is 0 Å². The normalized spacial score (nSPS) is 26.3. The minimum atomic E-state index is 0.0408. The van der Waals surface area contributed by atoms with Crippen molar-refractivity contribution in [3.05, 3.63) is 87.4 Å². The monoisotopic (exact) mass is 545 g/mol. The lowest BCUT2D eigenvalue weighted by molar-refractivity contribution is 0.229. The second-order valence-corrected chi connectivity index (χ2v) is 15.3. The Labute approximate surface area is 239 Å². The molecule has 4 aliphatic rings. The quantitative estimate of drug-likeness (QED) is 0.315. The topological polar surface area (TPSA) is 3.24 Å². The van der Waals surface area contributed by atoms with Gasteiger partial charge >= 0.3 is 0 Å². The zero-order valence-electron chi connectivity index (χ0n) is 23.7. The number of hydrogen-bond acceptors (Lipinski definition) is 1. The molecule has 2 unspecified atom stereocenters. The molecule has 0 heterocycles. The molecule has 38 heavy (non-hydrogen) atoms. The molecule has 200 valence electrons.